The molecule has 0 radical (unpaired) electrons. The highest BCUT2D eigenvalue weighted by Gasteiger charge is 2.34. The number of amides is 3. The van der Waals surface area contributed by atoms with Gasteiger partial charge in [0, 0.05) is 13.1 Å². The van der Waals surface area contributed by atoms with Crippen molar-refractivity contribution in [2.24, 2.45) is 16.6 Å². The van der Waals surface area contributed by atoms with Crippen LogP contribution in [0, 0.1) is 5.92 Å². The molecule has 0 spiro atoms. The predicted molar refractivity (Wildman–Crippen MR) is 70.3 cm³/mol. The minimum absolute atomic E-state index is 0.0940. The average Bonchev–Trinajstić information content (AvgIpc) is 2.53. The molecule has 3 amide bonds. The number of hydrogen-bond acceptors (Lipinski definition) is 3. The molecule has 0 saturated heterocycles. The molecular formula is C12H22N4O2. The smallest absolute Gasteiger partial charge is 0.345 e. The molecule has 0 bridgehead atoms. The lowest BCUT2D eigenvalue weighted by atomic mass is 10.1. The highest BCUT2D eigenvalue weighted by Crippen LogP contribution is 2.16. The molecule has 1 heterocycles. The third-order valence-electron chi connectivity index (χ3n) is 2.70. The van der Waals surface area contributed by atoms with E-state index in [4.69, 9.17) is 5.73 Å². The van der Waals surface area contributed by atoms with Crippen LogP contribution in [0.15, 0.2) is 4.99 Å². The zero-order valence-electron chi connectivity index (χ0n) is 11.3. The average molecular weight is 254 g/mol. The third kappa shape index (κ3) is 3.72. The minimum atomic E-state index is -0.392. The van der Waals surface area contributed by atoms with Gasteiger partial charge in [0.2, 0.25) is 5.91 Å². The molecule has 102 valence electrons. The number of aliphatic imine (C=N–C) groups is 1. The van der Waals surface area contributed by atoms with Gasteiger partial charge in [-0.2, -0.15) is 4.99 Å². The van der Waals surface area contributed by atoms with Gasteiger partial charge in [0.1, 0.15) is 5.84 Å². The largest absolute Gasteiger partial charge is 0.385 e. The molecule has 6 nitrogen and oxygen atoms in total. The highest BCUT2D eigenvalue weighted by atomic mass is 16.2. The standard InChI is InChI=1S/C12H22N4O2/c1-4-5-14-10(17)6-9-11(13)15-12(18)16(9)7-8(2)3/h8-9H,4-7H2,1-3H3,(H,14,17)(H2,13,15,18). The van der Waals surface area contributed by atoms with E-state index in [9.17, 15) is 9.59 Å². The molecule has 0 fully saturated rings. The van der Waals surface area contributed by atoms with Crippen LogP contribution in [0.25, 0.3) is 0 Å². The molecular weight excluding hydrogens is 232 g/mol. The van der Waals surface area contributed by atoms with E-state index in [-0.39, 0.29) is 24.2 Å². The maximum absolute atomic E-state index is 11.7. The summed E-state index contributed by atoms with van der Waals surface area (Å²) in [6, 6.07) is -0.730. The van der Waals surface area contributed by atoms with Crippen LogP contribution < -0.4 is 11.1 Å². The fourth-order valence-electron chi connectivity index (χ4n) is 1.87. The van der Waals surface area contributed by atoms with E-state index < -0.39 is 6.04 Å². The van der Waals surface area contributed by atoms with Crippen LogP contribution in [-0.2, 0) is 4.79 Å². The number of carbonyl (C=O) groups excluding carboxylic acids is 2. The van der Waals surface area contributed by atoms with Crippen LogP contribution in [0.5, 0.6) is 0 Å². The molecule has 6 heteroatoms. The Hall–Kier alpha value is -1.59. The summed E-state index contributed by atoms with van der Waals surface area (Å²) in [5.41, 5.74) is 5.72. The number of nitrogens with zero attached hydrogens (tertiary/aromatic N) is 2. The topological polar surface area (TPSA) is 87.8 Å². The summed E-state index contributed by atoms with van der Waals surface area (Å²) >= 11 is 0. The summed E-state index contributed by atoms with van der Waals surface area (Å²) in [5.74, 6) is 0.465. The number of nitrogens with two attached hydrogens (primary N) is 1. The van der Waals surface area contributed by atoms with Crippen LogP contribution in [0.3, 0.4) is 0 Å². The Morgan fingerprint density at radius 3 is 2.78 bits per heavy atom. The van der Waals surface area contributed by atoms with Crippen molar-refractivity contribution in [3.05, 3.63) is 0 Å². The zero-order valence-corrected chi connectivity index (χ0v) is 11.3. The SMILES string of the molecule is CCCNC(=O)CC1C(N)=NC(=O)N1CC(C)C. The van der Waals surface area contributed by atoms with Gasteiger partial charge in [-0.25, -0.2) is 4.79 Å². The van der Waals surface area contributed by atoms with Crippen LogP contribution in [-0.4, -0.2) is 41.8 Å². The lowest BCUT2D eigenvalue weighted by Gasteiger charge is -2.25. The summed E-state index contributed by atoms with van der Waals surface area (Å²) in [4.78, 5) is 28.6. The van der Waals surface area contributed by atoms with Crippen molar-refractivity contribution in [1.29, 1.82) is 0 Å². The number of hydrogen-bond donors (Lipinski definition) is 2. The molecule has 1 unspecified atom stereocenters. The van der Waals surface area contributed by atoms with Crippen molar-refractivity contribution in [3.63, 3.8) is 0 Å². The van der Waals surface area contributed by atoms with Crippen molar-refractivity contribution in [1.82, 2.24) is 10.2 Å². The quantitative estimate of drug-likeness (QED) is 0.732. The number of rotatable bonds is 6. The first-order valence-corrected chi connectivity index (χ1v) is 6.37. The Kier molecular flexibility index (Phi) is 5.12. The molecule has 0 aromatic rings. The van der Waals surface area contributed by atoms with Gasteiger partial charge in [0.15, 0.2) is 0 Å². The van der Waals surface area contributed by atoms with Crippen molar-refractivity contribution < 1.29 is 9.59 Å². The molecule has 1 aliphatic heterocycles. The van der Waals surface area contributed by atoms with Crippen LogP contribution in [0.2, 0.25) is 0 Å². The van der Waals surface area contributed by atoms with E-state index in [2.05, 4.69) is 10.3 Å². The number of urea groups is 1. The second kappa shape index (κ2) is 6.37. The molecule has 1 aliphatic rings. The van der Waals surface area contributed by atoms with Gasteiger partial charge in [0.05, 0.1) is 12.5 Å². The van der Waals surface area contributed by atoms with Gasteiger partial charge >= 0.3 is 6.03 Å². The lowest BCUT2D eigenvalue weighted by Crippen LogP contribution is -2.45. The van der Waals surface area contributed by atoms with Crippen molar-refractivity contribution >= 4 is 17.8 Å². The fourth-order valence-corrected chi connectivity index (χ4v) is 1.87. The first kappa shape index (κ1) is 14.5. The Morgan fingerprint density at radius 1 is 1.56 bits per heavy atom. The second-order valence-corrected chi connectivity index (χ2v) is 4.94. The first-order chi connectivity index (χ1) is 8.45. The van der Waals surface area contributed by atoms with Crippen LogP contribution >= 0.6 is 0 Å². The van der Waals surface area contributed by atoms with Crippen LogP contribution in [0.1, 0.15) is 33.6 Å². The molecule has 0 aromatic heterocycles. The normalized spacial score (nSPS) is 19.3. The van der Waals surface area contributed by atoms with Crippen molar-refractivity contribution in [2.45, 2.75) is 39.7 Å². The minimum Gasteiger partial charge on any atom is -0.385 e. The van der Waals surface area contributed by atoms with Gasteiger partial charge < -0.3 is 16.0 Å². The molecule has 0 saturated carbocycles. The van der Waals surface area contributed by atoms with E-state index in [0.717, 1.165) is 6.42 Å². The summed E-state index contributed by atoms with van der Waals surface area (Å²) < 4.78 is 0. The Morgan fingerprint density at radius 2 is 2.22 bits per heavy atom. The zero-order chi connectivity index (χ0) is 13.7. The van der Waals surface area contributed by atoms with Gasteiger partial charge in [-0.3, -0.25) is 4.79 Å². The lowest BCUT2D eigenvalue weighted by molar-refractivity contribution is -0.121. The number of nitrogens with one attached hydrogen (secondary N) is 1. The molecule has 18 heavy (non-hydrogen) atoms. The summed E-state index contributed by atoms with van der Waals surface area (Å²) in [5, 5.41) is 2.78. The second-order valence-electron chi connectivity index (χ2n) is 4.94. The maximum Gasteiger partial charge on any atom is 0.345 e. The Bertz CT molecular complexity index is 352. The summed E-state index contributed by atoms with van der Waals surface area (Å²) in [6.07, 6.45) is 1.07. The maximum atomic E-state index is 11.7. The molecule has 0 aliphatic carbocycles. The number of carbonyl (C=O) groups is 2. The molecule has 1 atom stereocenters. The van der Waals surface area contributed by atoms with E-state index >= 15 is 0 Å². The third-order valence-corrected chi connectivity index (χ3v) is 2.70. The highest BCUT2D eigenvalue weighted by molar-refractivity contribution is 6.04. The van der Waals surface area contributed by atoms with E-state index in [1.54, 1.807) is 4.90 Å². The van der Waals surface area contributed by atoms with E-state index in [0.29, 0.717) is 19.0 Å². The van der Waals surface area contributed by atoms with Crippen LogP contribution in [0.4, 0.5) is 4.79 Å². The van der Waals surface area contributed by atoms with Crippen molar-refractivity contribution in [3.8, 4) is 0 Å². The van der Waals surface area contributed by atoms with E-state index in [1.165, 1.54) is 0 Å². The Labute approximate surface area is 108 Å². The van der Waals surface area contributed by atoms with Gasteiger partial charge in [-0.05, 0) is 12.3 Å². The van der Waals surface area contributed by atoms with Gasteiger partial charge in [-0.1, -0.05) is 20.8 Å². The monoisotopic (exact) mass is 254 g/mol. The Balaban J connectivity index is 2.62. The predicted octanol–water partition coefficient (Wildman–Crippen LogP) is 0.720. The fraction of sp³-hybridized carbons (Fsp3) is 0.750. The van der Waals surface area contributed by atoms with Gasteiger partial charge in [-0.15, -0.1) is 0 Å². The van der Waals surface area contributed by atoms with Gasteiger partial charge in [0.25, 0.3) is 0 Å². The van der Waals surface area contributed by atoms with E-state index in [1.807, 2.05) is 20.8 Å². The summed E-state index contributed by atoms with van der Waals surface area (Å²) in [7, 11) is 0. The molecule has 0 aromatic carbocycles. The molecule has 1 rings (SSSR count). The summed E-state index contributed by atoms with van der Waals surface area (Å²) in [6.45, 7) is 7.21. The first-order valence-electron chi connectivity index (χ1n) is 6.37. The number of amidine groups is 1. The molecule has 3 N–H and O–H groups in total. The van der Waals surface area contributed by atoms with Crippen molar-refractivity contribution in [2.75, 3.05) is 13.1 Å².